The molecule has 0 aromatic heterocycles. The highest BCUT2D eigenvalue weighted by Crippen LogP contribution is 2.30. The molecule has 0 aliphatic carbocycles. The van der Waals surface area contributed by atoms with E-state index in [1.807, 2.05) is 24.3 Å². The number of ether oxygens (including phenoxy) is 1. The minimum atomic E-state index is -0.395. The summed E-state index contributed by atoms with van der Waals surface area (Å²) < 4.78 is 19.2. The standard InChI is InChI=1S/C17H17FO2/c1-11(2)12-5-4-6-13(7-12)15-8-14(10-19)17(20-3)9-16(15)18/h4-11H,1-3H3. The molecule has 0 aliphatic heterocycles. The Morgan fingerprint density at radius 2 is 1.95 bits per heavy atom. The molecule has 0 unspecified atom stereocenters. The van der Waals surface area contributed by atoms with E-state index in [9.17, 15) is 9.18 Å². The van der Waals surface area contributed by atoms with E-state index >= 15 is 0 Å². The second-order valence-corrected chi connectivity index (χ2v) is 4.97. The van der Waals surface area contributed by atoms with Crippen LogP contribution in [0.5, 0.6) is 5.75 Å². The Balaban J connectivity index is 2.57. The summed E-state index contributed by atoms with van der Waals surface area (Å²) >= 11 is 0. The summed E-state index contributed by atoms with van der Waals surface area (Å²) in [5, 5.41) is 0. The summed E-state index contributed by atoms with van der Waals surface area (Å²) in [7, 11) is 1.42. The topological polar surface area (TPSA) is 26.3 Å². The molecular weight excluding hydrogens is 255 g/mol. The summed E-state index contributed by atoms with van der Waals surface area (Å²) in [6.07, 6.45) is 0.675. The van der Waals surface area contributed by atoms with Gasteiger partial charge in [0.15, 0.2) is 6.29 Å². The van der Waals surface area contributed by atoms with Crippen LogP contribution in [0.3, 0.4) is 0 Å². The van der Waals surface area contributed by atoms with E-state index in [-0.39, 0.29) is 5.75 Å². The number of hydrogen-bond donors (Lipinski definition) is 0. The van der Waals surface area contributed by atoms with Crippen molar-refractivity contribution in [2.24, 2.45) is 0 Å². The number of carbonyl (C=O) groups excluding carboxylic acids is 1. The molecule has 0 aliphatic rings. The Morgan fingerprint density at radius 3 is 2.55 bits per heavy atom. The van der Waals surface area contributed by atoms with Crippen molar-refractivity contribution in [1.82, 2.24) is 0 Å². The van der Waals surface area contributed by atoms with Gasteiger partial charge in [-0.2, -0.15) is 0 Å². The van der Waals surface area contributed by atoms with E-state index in [4.69, 9.17) is 4.74 Å². The van der Waals surface area contributed by atoms with Crippen molar-refractivity contribution in [3.8, 4) is 16.9 Å². The molecule has 2 aromatic rings. The van der Waals surface area contributed by atoms with Crippen LogP contribution < -0.4 is 4.74 Å². The van der Waals surface area contributed by atoms with Crippen LogP contribution in [0.4, 0.5) is 4.39 Å². The Hall–Kier alpha value is -2.16. The summed E-state index contributed by atoms with van der Waals surface area (Å²) in [5.74, 6) is 0.219. The van der Waals surface area contributed by atoms with Crippen molar-refractivity contribution in [1.29, 1.82) is 0 Å². The maximum Gasteiger partial charge on any atom is 0.153 e. The predicted molar refractivity (Wildman–Crippen MR) is 77.9 cm³/mol. The molecule has 0 saturated carbocycles. The van der Waals surface area contributed by atoms with Crippen molar-refractivity contribution in [2.75, 3.05) is 7.11 Å². The monoisotopic (exact) mass is 272 g/mol. The summed E-state index contributed by atoms with van der Waals surface area (Å²) in [4.78, 5) is 11.1. The lowest BCUT2D eigenvalue weighted by Crippen LogP contribution is -1.95. The minimum absolute atomic E-state index is 0.251. The van der Waals surface area contributed by atoms with Gasteiger partial charge in [0.2, 0.25) is 0 Å². The maximum absolute atomic E-state index is 14.2. The van der Waals surface area contributed by atoms with Gasteiger partial charge in [-0.25, -0.2) is 4.39 Å². The van der Waals surface area contributed by atoms with Gasteiger partial charge in [0.25, 0.3) is 0 Å². The van der Waals surface area contributed by atoms with Gasteiger partial charge in [0, 0.05) is 11.6 Å². The first kappa shape index (κ1) is 14.3. The number of methoxy groups -OCH3 is 1. The van der Waals surface area contributed by atoms with Crippen LogP contribution in [-0.2, 0) is 0 Å². The average molecular weight is 272 g/mol. The highest BCUT2D eigenvalue weighted by molar-refractivity contribution is 5.83. The normalized spacial score (nSPS) is 10.7. The second kappa shape index (κ2) is 5.87. The molecule has 0 radical (unpaired) electrons. The van der Waals surface area contributed by atoms with E-state index in [0.717, 1.165) is 11.1 Å². The number of hydrogen-bond acceptors (Lipinski definition) is 2. The summed E-state index contributed by atoms with van der Waals surface area (Å²) in [6.45, 7) is 4.17. The zero-order valence-corrected chi connectivity index (χ0v) is 11.8. The fourth-order valence-electron chi connectivity index (χ4n) is 2.13. The largest absolute Gasteiger partial charge is 0.496 e. The minimum Gasteiger partial charge on any atom is -0.496 e. The number of carbonyl (C=O) groups is 1. The Kier molecular flexibility index (Phi) is 4.18. The van der Waals surface area contributed by atoms with Crippen LogP contribution in [-0.4, -0.2) is 13.4 Å². The first-order chi connectivity index (χ1) is 9.56. The lowest BCUT2D eigenvalue weighted by Gasteiger charge is -2.11. The van der Waals surface area contributed by atoms with Crippen molar-refractivity contribution in [3.63, 3.8) is 0 Å². The van der Waals surface area contributed by atoms with E-state index in [1.54, 1.807) is 0 Å². The smallest absolute Gasteiger partial charge is 0.153 e. The number of aldehydes is 1. The van der Waals surface area contributed by atoms with Crippen molar-refractivity contribution >= 4 is 6.29 Å². The SMILES string of the molecule is COc1cc(F)c(-c2cccc(C(C)C)c2)cc1C=O. The lowest BCUT2D eigenvalue weighted by atomic mass is 9.96. The molecule has 0 heterocycles. The summed E-state index contributed by atoms with van der Waals surface area (Å²) in [5.41, 5.74) is 2.65. The van der Waals surface area contributed by atoms with Crippen LogP contribution in [0, 0.1) is 5.82 Å². The van der Waals surface area contributed by atoms with Crippen LogP contribution in [0.25, 0.3) is 11.1 Å². The molecule has 0 saturated heterocycles. The molecule has 20 heavy (non-hydrogen) atoms. The van der Waals surface area contributed by atoms with Crippen LogP contribution in [0.2, 0.25) is 0 Å². The number of benzene rings is 2. The van der Waals surface area contributed by atoms with Gasteiger partial charge in [0.1, 0.15) is 11.6 Å². The van der Waals surface area contributed by atoms with Crippen LogP contribution >= 0.6 is 0 Å². The molecule has 104 valence electrons. The third kappa shape index (κ3) is 2.72. The highest BCUT2D eigenvalue weighted by Gasteiger charge is 2.12. The Bertz CT molecular complexity index is 633. The fourth-order valence-corrected chi connectivity index (χ4v) is 2.13. The fraction of sp³-hybridized carbons (Fsp3) is 0.235. The third-order valence-corrected chi connectivity index (χ3v) is 3.31. The van der Waals surface area contributed by atoms with Gasteiger partial charge in [-0.1, -0.05) is 38.1 Å². The maximum atomic E-state index is 14.2. The van der Waals surface area contributed by atoms with E-state index in [2.05, 4.69) is 13.8 Å². The zero-order valence-electron chi connectivity index (χ0n) is 11.8. The number of rotatable bonds is 4. The Morgan fingerprint density at radius 1 is 1.20 bits per heavy atom. The van der Waals surface area contributed by atoms with Crippen molar-refractivity contribution in [2.45, 2.75) is 19.8 Å². The van der Waals surface area contributed by atoms with E-state index in [1.165, 1.54) is 19.2 Å². The van der Waals surface area contributed by atoms with Crippen molar-refractivity contribution in [3.05, 3.63) is 53.3 Å². The van der Waals surface area contributed by atoms with E-state index < -0.39 is 5.82 Å². The average Bonchev–Trinajstić information content (AvgIpc) is 2.46. The molecule has 0 atom stereocenters. The van der Waals surface area contributed by atoms with Gasteiger partial charge in [-0.05, 0) is 23.1 Å². The molecule has 2 rings (SSSR count). The molecule has 0 N–H and O–H groups in total. The second-order valence-electron chi connectivity index (χ2n) is 4.97. The highest BCUT2D eigenvalue weighted by atomic mass is 19.1. The molecule has 0 bridgehead atoms. The van der Waals surface area contributed by atoms with Crippen LogP contribution in [0.15, 0.2) is 36.4 Å². The van der Waals surface area contributed by atoms with Gasteiger partial charge in [-0.15, -0.1) is 0 Å². The van der Waals surface area contributed by atoms with Crippen molar-refractivity contribution < 1.29 is 13.9 Å². The lowest BCUT2D eigenvalue weighted by molar-refractivity contribution is 0.112. The van der Waals surface area contributed by atoms with E-state index in [0.29, 0.717) is 23.3 Å². The molecule has 3 heteroatoms. The third-order valence-electron chi connectivity index (χ3n) is 3.31. The molecule has 2 nitrogen and oxygen atoms in total. The Labute approximate surface area is 118 Å². The molecule has 0 spiro atoms. The van der Waals surface area contributed by atoms with Crippen LogP contribution in [0.1, 0.15) is 35.7 Å². The predicted octanol–water partition coefficient (Wildman–Crippen LogP) is 4.44. The molecular formula is C17H17FO2. The van der Waals surface area contributed by atoms with Gasteiger partial charge >= 0.3 is 0 Å². The molecule has 0 amide bonds. The molecule has 2 aromatic carbocycles. The molecule has 0 fully saturated rings. The summed E-state index contributed by atoms with van der Waals surface area (Å²) in [6, 6.07) is 10.5. The van der Waals surface area contributed by atoms with Gasteiger partial charge in [-0.3, -0.25) is 4.79 Å². The first-order valence-corrected chi connectivity index (χ1v) is 6.50. The first-order valence-electron chi connectivity index (χ1n) is 6.50. The zero-order chi connectivity index (χ0) is 14.7. The quantitative estimate of drug-likeness (QED) is 0.769. The number of halogens is 1. The van der Waals surface area contributed by atoms with Gasteiger partial charge < -0.3 is 4.74 Å². The van der Waals surface area contributed by atoms with Gasteiger partial charge in [0.05, 0.1) is 12.7 Å².